The number of hydrogen-bond acceptors (Lipinski definition) is 2. The second-order valence-corrected chi connectivity index (χ2v) is 3.69. The lowest BCUT2D eigenvalue weighted by atomic mass is 10.1. The molecule has 2 N–H and O–H groups in total. The first kappa shape index (κ1) is 11.1. The van der Waals surface area contributed by atoms with Crippen LogP contribution in [0, 0.1) is 0 Å². The molecule has 0 aliphatic heterocycles. The monoisotopic (exact) mass is 195 g/mol. The topological polar surface area (TPSA) is 43.8 Å². The molecule has 0 fully saturated rings. The van der Waals surface area contributed by atoms with Crippen molar-refractivity contribution in [2.24, 2.45) is 0 Å². The molecule has 3 nitrogen and oxygen atoms in total. The molecule has 0 bridgehead atoms. The Balaban J connectivity index is 2.35. The summed E-state index contributed by atoms with van der Waals surface area (Å²) in [5.41, 5.74) is 6.92. The van der Waals surface area contributed by atoms with Crippen molar-refractivity contribution in [3.63, 3.8) is 0 Å². The second kappa shape index (κ2) is 5.68. The lowest BCUT2D eigenvalue weighted by Gasteiger charge is -1.97. The van der Waals surface area contributed by atoms with Crippen molar-refractivity contribution in [2.75, 3.05) is 5.73 Å². The Hall–Kier alpha value is -0.990. The fourth-order valence-corrected chi connectivity index (χ4v) is 1.60. The smallest absolute Gasteiger partial charge is 0.121 e. The van der Waals surface area contributed by atoms with E-state index in [-0.39, 0.29) is 0 Å². The summed E-state index contributed by atoms with van der Waals surface area (Å²) >= 11 is 0. The summed E-state index contributed by atoms with van der Waals surface area (Å²) < 4.78 is 1.86. The molecule has 0 aliphatic carbocycles. The van der Waals surface area contributed by atoms with Crippen LogP contribution < -0.4 is 5.73 Å². The first-order valence-electron chi connectivity index (χ1n) is 5.60. The molecule has 14 heavy (non-hydrogen) atoms. The van der Waals surface area contributed by atoms with Crippen LogP contribution in [-0.2, 0) is 13.0 Å². The predicted octanol–water partition coefficient (Wildman–Crippen LogP) is 2.61. The van der Waals surface area contributed by atoms with E-state index in [1.807, 2.05) is 10.7 Å². The van der Waals surface area contributed by atoms with Crippen molar-refractivity contribution in [1.82, 2.24) is 9.78 Å². The quantitative estimate of drug-likeness (QED) is 0.709. The SMILES string of the molecule is CCCCCCc1cc(N)n(CC)n1. The van der Waals surface area contributed by atoms with Crippen LogP contribution in [0.25, 0.3) is 0 Å². The minimum atomic E-state index is 0.790. The molecule has 1 aromatic heterocycles. The highest BCUT2D eigenvalue weighted by molar-refractivity contribution is 5.30. The fraction of sp³-hybridized carbons (Fsp3) is 0.727. The van der Waals surface area contributed by atoms with E-state index >= 15 is 0 Å². The Morgan fingerprint density at radius 1 is 1.29 bits per heavy atom. The van der Waals surface area contributed by atoms with Crippen molar-refractivity contribution in [1.29, 1.82) is 0 Å². The van der Waals surface area contributed by atoms with Crippen molar-refractivity contribution < 1.29 is 0 Å². The van der Waals surface area contributed by atoms with Gasteiger partial charge in [-0.3, -0.25) is 4.68 Å². The van der Waals surface area contributed by atoms with E-state index in [2.05, 4.69) is 18.9 Å². The van der Waals surface area contributed by atoms with Crippen LogP contribution in [0.15, 0.2) is 6.07 Å². The number of hydrogen-bond donors (Lipinski definition) is 1. The summed E-state index contributed by atoms with van der Waals surface area (Å²) in [7, 11) is 0. The molecule has 80 valence electrons. The third kappa shape index (κ3) is 3.05. The molecule has 0 aromatic carbocycles. The van der Waals surface area contributed by atoms with Crippen molar-refractivity contribution in [3.8, 4) is 0 Å². The lowest BCUT2D eigenvalue weighted by Crippen LogP contribution is -2.01. The van der Waals surface area contributed by atoms with E-state index in [0.29, 0.717) is 0 Å². The molecule has 0 atom stereocenters. The molecular formula is C11H21N3. The molecule has 0 radical (unpaired) electrons. The van der Waals surface area contributed by atoms with E-state index in [4.69, 9.17) is 5.73 Å². The second-order valence-electron chi connectivity index (χ2n) is 3.69. The molecule has 0 aliphatic rings. The largest absolute Gasteiger partial charge is 0.384 e. The predicted molar refractivity (Wildman–Crippen MR) is 60.2 cm³/mol. The zero-order valence-corrected chi connectivity index (χ0v) is 9.29. The molecule has 0 amide bonds. The van der Waals surface area contributed by atoms with Crippen LogP contribution >= 0.6 is 0 Å². The number of rotatable bonds is 6. The normalized spacial score (nSPS) is 10.7. The highest BCUT2D eigenvalue weighted by atomic mass is 15.3. The molecule has 0 unspecified atom stereocenters. The summed E-state index contributed by atoms with van der Waals surface area (Å²) in [6, 6.07) is 2.00. The van der Waals surface area contributed by atoms with Gasteiger partial charge in [0, 0.05) is 12.6 Å². The molecule has 1 aromatic rings. The summed E-state index contributed by atoms with van der Waals surface area (Å²) in [6.45, 7) is 5.15. The van der Waals surface area contributed by atoms with E-state index in [9.17, 15) is 0 Å². The van der Waals surface area contributed by atoms with Crippen LogP contribution in [-0.4, -0.2) is 9.78 Å². The van der Waals surface area contributed by atoms with Gasteiger partial charge in [-0.2, -0.15) is 5.10 Å². The molecule has 0 saturated carbocycles. The van der Waals surface area contributed by atoms with E-state index < -0.39 is 0 Å². The summed E-state index contributed by atoms with van der Waals surface area (Å²) in [5, 5.41) is 4.42. The summed E-state index contributed by atoms with van der Waals surface area (Å²) in [5.74, 6) is 0.790. The molecule has 3 heteroatoms. The highest BCUT2D eigenvalue weighted by Gasteiger charge is 2.02. The Morgan fingerprint density at radius 2 is 2.07 bits per heavy atom. The fourth-order valence-electron chi connectivity index (χ4n) is 1.60. The van der Waals surface area contributed by atoms with E-state index in [1.165, 1.54) is 25.7 Å². The van der Waals surface area contributed by atoms with Gasteiger partial charge in [-0.1, -0.05) is 26.2 Å². The number of nitrogens with two attached hydrogens (primary N) is 1. The number of nitrogens with zero attached hydrogens (tertiary/aromatic N) is 2. The van der Waals surface area contributed by atoms with Crippen LogP contribution in [0.3, 0.4) is 0 Å². The minimum Gasteiger partial charge on any atom is -0.384 e. The standard InChI is InChI=1S/C11H21N3/c1-3-5-6-7-8-10-9-11(12)14(4-2)13-10/h9H,3-8,12H2,1-2H3. The molecule has 0 spiro atoms. The maximum atomic E-state index is 5.78. The van der Waals surface area contributed by atoms with Gasteiger partial charge in [-0.05, 0) is 19.8 Å². The number of aromatic nitrogens is 2. The summed E-state index contributed by atoms with van der Waals surface area (Å²) in [6.07, 6.45) is 6.20. The van der Waals surface area contributed by atoms with Crippen LogP contribution in [0.4, 0.5) is 5.82 Å². The van der Waals surface area contributed by atoms with Gasteiger partial charge in [0.2, 0.25) is 0 Å². The average Bonchev–Trinajstić information content (AvgIpc) is 2.54. The van der Waals surface area contributed by atoms with Gasteiger partial charge in [-0.25, -0.2) is 0 Å². The van der Waals surface area contributed by atoms with Crippen molar-refractivity contribution in [3.05, 3.63) is 11.8 Å². The molecule has 1 rings (SSSR count). The van der Waals surface area contributed by atoms with Crippen LogP contribution in [0.2, 0.25) is 0 Å². The average molecular weight is 195 g/mol. The van der Waals surface area contributed by atoms with Gasteiger partial charge in [0.25, 0.3) is 0 Å². The molecule has 1 heterocycles. The van der Waals surface area contributed by atoms with Gasteiger partial charge in [0.1, 0.15) is 5.82 Å². The maximum Gasteiger partial charge on any atom is 0.121 e. The Labute approximate surface area is 86.3 Å². The van der Waals surface area contributed by atoms with Crippen molar-refractivity contribution in [2.45, 2.75) is 52.5 Å². The zero-order chi connectivity index (χ0) is 10.4. The summed E-state index contributed by atoms with van der Waals surface area (Å²) in [4.78, 5) is 0. The van der Waals surface area contributed by atoms with E-state index in [1.54, 1.807) is 0 Å². The minimum absolute atomic E-state index is 0.790. The lowest BCUT2D eigenvalue weighted by molar-refractivity contribution is 0.628. The molecular weight excluding hydrogens is 174 g/mol. The van der Waals surface area contributed by atoms with Crippen molar-refractivity contribution >= 4 is 5.82 Å². The Bertz CT molecular complexity index is 265. The highest BCUT2D eigenvalue weighted by Crippen LogP contribution is 2.10. The number of aryl methyl sites for hydroxylation is 2. The van der Waals surface area contributed by atoms with Gasteiger partial charge < -0.3 is 5.73 Å². The van der Waals surface area contributed by atoms with Gasteiger partial charge >= 0.3 is 0 Å². The zero-order valence-electron chi connectivity index (χ0n) is 9.29. The number of unbranched alkanes of at least 4 members (excludes halogenated alkanes) is 3. The first-order chi connectivity index (χ1) is 6.77. The molecule has 0 saturated heterocycles. The Kier molecular flexibility index (Phi) is 4.50. The maximum absolute atomic E-state index is 5.78. The number of nitrogen functional groups attached to an aromatic ring is 1. The first-order valence-corrected chi connectivity index (χ1v) is 5.60. The van der Waals surface area contributed by atoms with Gasteiger partial charge in [0.05, 0.1) is 5.69 Å². The third-order valence-electron chi connectivity index (χ3n) is 2.45. The number of anilines is 1. The van der Waals surface area contributed by atoms with E-state index in [0.717, 1.165) is 24.5 Å². The Morgan fingerprint density at radius 3 is 2.64 bits per heavy atom. The van der Waals surface area contributed by atoms with Gasteiger partial charge in [0.15, 0.2) is 0 Å². The van der Waals surface area contributed by atoms with Gasteiger partial charge in [-0.15, -0.1) is 0 Å². The third-order valence-corrected chi connectivity index (χ3v) is 2.45. The van der Waals surface area contributed by atoms with Crippen LogP contribution in [0.1, 0.15) is 45.2 Å². The van der Waals surface area contributed by atoms with Crippen LogP contribution in [0.5, 0.6) is 0 Å².